The topological polar surface area (TPSA) is 53.4 Å². The Bertz CT molecular complexity index is 516. The zero-order chi connectivity index (χ0) is 17.0. The summed E-state index contributed by atoms with van der Waals surface area (Å²) in [5, 5.41) is 4.18. The molecule has 0 bridgehead atoms. The molecule has 0 radical (unpaired) electrons. The maximum atomic E-state index is 11.8. The molecule has 0 unspecified atom stereocenters. The summed E-state index contributed by atoms with van der Waals surface area (Å²) in [6.07, 6.45) is 6.67. The normalized spacial score (nSPS) is 10.3. The number of hydrogen-bond acceptors (Lipinski definition) is 4. The minimum atomic E-state index is -0.435. The summed E-state index contributed by atoms with van der Waals surface area (Å²) >= 11 is 0. The van der Waals surface area contributed by atoms with Crippen molar-refractivity contribution in [2.45, 2.75) is 34.2 Å². The van der Waals surface area contributed by atoms with Crippen molar-refractivity contribution in [3.63, 3.8) is 0 Å². The monoisotopic (exact) mass is 306 g/mol. The van der Waals surface area contributed by atoms with Gasteiger partial charge in [-0.2, -0.15) is 5.10 Å². The summed E-state index contributed by atoms with van der Waals surface area (Å²) in [5.41, 5.74) is 1.25. The second-order valence-electron chi connectivity index (χ2n) is 3.86. The molecule has 0 N–H and O–H groups in total. The smallest absolute Gasteiger partial charge is 0.345 e. The van der Waals surface area contributed by atoms with Crippen LogP contribution in [0.25, 0.3) is 0 Å². The standard InChI is InChI=1S/C15H20N2O3.C2H6/c1-5-9-12(6-2)11-17-14(19-7-3)13(10-16-17)15(18)20-8-4;1-2/h5-6,9-10H,1-2,7-8,11H2,3-4H3;1-2H3/b12-9+;. The first kappa shape index (κ1) is 19.7. The fourth-order valence-corrected chi connectivity index (χ4v) is 1.63. The molecule has 0 amide bonds. The van der Waals surface area contributed by atoms with Gasteiger partial charge in [0, 0.05) is 0 Å². The van der Waals surface area contributed by atoms with Crippen molar-refractivity contribution in [2.24, 2.45) is 0 Å². The molecule has 0 aliphatic rings. The molecule has 5 heteroatoms. The first-order valence-corrected chi connectivity index (χ1v) is 7.47. The maximum Gasteiger partial charge on any atom is 0.345 e. The number of rotatable bonds is 8. The van der Waals surface area contributed by atoms with Crippen LogP contribution < -0.4 is 4.74 Å². The van der Waals surface area contributed by atoms with Gasteiger partial charge < -0.3 is 9.47 Å². The summed E-state index contributed by atoms with van der Waals surface area (Å²) in [5.74, 6) is -0.0298. The zero-order valence-corrected chi connectivity index (χ0v) is 14.0. The van der Waals surface area contributed by atoms with E-state index in [0.717, 1.165) is 5.57 Å². The van der Waals surface area contributed by atoms with Crippen LogP contribution in [0.5, 0.6) is 5.88 Å². The Morgan fingerprint density at radius 2 is 2.00 bits per heavy atom. The van der Waals surface area contributed by atoms with E-state index in [2.05, 4.69) is 18.3 Å². The van der Waals surface area contributed by atoms with Gasteiger partial charge >= 0.3 is 5.97 Å². The largest absolute Gasteiger partial charge is 0.478 e. The van der Waals surface area contributed by atoms with Crippen LogP contribution in [0.15, 0.2) is 43.2 Å². The van der Waals surface area contributed by atoms with Gasteiger partial charge in [-0.25, -0.2) is 9.48 Å². The molecule has 0 aromatic carbocycles. The van der Waals surface area contributed by atoms with E-state index < -0.39 is 5.97 Å². The molecule has 0 spiro atoms. The van der Waals surface area contributed by atoms with Gasteiger partial charge in [-0.05, 0) is 19.4 Å². The van der Waals surface area contributed by atoms with Crippen molar-refractivity contribution in [3.05, 3.63) is 48.7 Å². The van der Waals surface area contributed by atoms with Crippen molar-refractivity contribution in [1.82, 2.24) is 9.78 Å². The molecular formula is C17H26N2O3. The van der Waals surface area contributed by atoms with Gasteiger partial charge in [0.15, 0.2) is 0 Å². The number of allylic oxidation sites excluding steroid dienone is 4. The number of carbonyl (C=O) groups excluding carboxylic acids is 1. The summed E-state index contributed by atoms with van der Waals surface area (Å²) in [6, 6.07) is 0. The molecule has 0 fully saturated rings. The first-order chi connectivity index (χ1) is 10.7. The summed E-state index contributed by atoms with van der Waals surface area (Å²) < 4.78 is 12.1. The predicted molar refractivity (Wildman–Crippen MR) is 89.2 cm³/mol. The second-order valence-corrected chi connectivity index (χ2v) is 3.86. The lowest BCUT2D eigenvalue weighted by Crippen LogP contribution is -2.10. The molecule has 0 aliphatic heterocycles. The van der Waals surface area contributed by atoms with Crippen LogP contribution in [0, 0.1) is 0 Å². The molecule has 0 aliphatic carbocycles. The van der Waals surface area contributed by atoms with Crippen molar-refractivity contribution in [2.75, 3.05) is 13.2 Å². The van der Waals surface area contributed by atoms with Gasteiger partial charge in [-0.15, -0.1) is 0 Å². The number of hydrogen-bond donors (Lipinski definition) is 0. The second kappa shape index (κ2) is 11.4. The van der Waals surface area contributed by atoms with Crippen LogP contribution in [0.3, 0.4) is 0 Å². The lowest BCUT2D eigenvalue weighted by Gasteiger charge is -2.10. The van der Waals surface area contributed by atoms with E-state index in [4.69, 9.17) is 9.47 Å². The van der Waals surface area contributed by atoms with Gasteiger partial charge in [0.2, 0.25) is 5.88 Å². The van der Waals surface area contributed by atoms with Crippen LogP contribution in [0.2, 0.25) is 0 Å². The van der Waals surface area contributed by atoms with Crippen molar-refractivity contribution in [1.29, 1.82) is 0 Å². The SMILES string of the molecule is C=C/C=C(\C=C)Cn1ncc(C(=O)OCC)c1OCC.CC. The molecule has 1 aromatic heterocycles. The van der Waals surface area contributed by atoms with E-state index in [0.29, 0.717) is 31.2 Å². The summed E-state index contributed by atoms with van der Waals surface area (Å²) in [4.78, 5) is 11.8. The van der Waals surface area contributed by atoms with E-state index in [9.17, 15) is 4.79 Å². The molecule has 1 rings (SSSR count). The maximum absolute atomic E-state index is 11.8. The first-order valence-electron chi connectivity index (χ1n) is 7.47. The third kappa shape index (κ3) is 5.60. The number of ether oxygens (including phenoxy) is 2. The highest BCUT2D eigenvalue weighted by Crippen LogP contribution is 2.21. The summed E-state index contributed by atoms with van der Waals surface area (Å²) in [6.45, 7) is 16.2. The molecule has 22 heavy (non-hydrogen) atoms. The zero-order valence-electron chi connectivity index (χ0n) is 14.0. The minimum absolute atomic E-state index is 0.309. The van der Waals surface area contributed by atoms with Crippen LogP contribution in [-0.4, -0.2) is 29.0 Å². The lowest BCUT2D eigenvalue weighted by molar-refractivity contribution is 0.0521. The van der Waals surface area contributed by atoms with E-state index in [1.807, 2.05) is 26.8 Å². The van der Waals surface area contributed by atoms with Crippen LogP contribution in [0.1, 0.15) is 38.1 Å². The number of nitrogens with zero attached hydrogens (tertiary/aromatic N) is 2. The van der Waals surface area contributed by atoms with Crippen molar-refractivity contribution in [3.8, 4) is 5.88 Å². The van der Waals surface area contributed by atoms with Crippen LogP contribution >= 0.6 is 0 Å². The van der Waals surface area contributed by atoms with E-state index in [1.165, 1.54) is 6.20 Å². The Labute approximate surface area is 132 Å². The Kier molecular flexibility index (Phi) is 10.2. The molecule has 0 saturated carbocycles. The molecule has 0 saturated heterocycles. The highest BCUT2D eigenvalue weighted by molar-refractivity contribution is 5.91. The van der Waals surface area contributed by atoms with Gasteiger partial charge in [0.1, 0.15) is 5.56 Å². The number of carbonyl (C=O) groups is 1. The Hall–Kier alpha value is -2.30. The van der Waals surface area contributed by atoms with Crippen LogP contribution in [0.4, 0.5) is 0 Å². The molecule has 1 heterocycles. The van der Waals surface area contributed by atoms with E-state index >= 15 is 0 Å². The average molecular weight is 306 g/mol. The molecular weight excluding hydrogens is 280 g/mol. The highest BCUT2D eigenvalue weighted by atomic mass is 16.5. The van der Waals surface area contributed by atoms with Crippen molar-refractivity contribution < 1.29 is 14.3 Å². The number of esters is 1. The van der Waals surface area contributed by atoms with Crippen LogP contribution in [-0.2, 0) is 11.3 Å². The van der Waals surface area contributed by atoms with Gasteiger partial charge in [-0.1, -0.05) is 45.2 Å². The van der Waals surface area contributed by atoms with Crippen molar-refractivity contribution >= 4 is 5.97 Å². The quantitative estimate of drug-likeness (QED) is 0.542. The van der Waals surface area contributed by atoms with Gasteiger partial charge in [0.25, 0.3) is 0 Å². The fraction of sp³-hybridized carbons (Fsp3) is 0.412. The van der Waals surface area contributed by atoms with E-state index in [1.54, 1.807) is 23.8 Å². The van der Waals surface area contributed by atoms with E-state index in [-0.39, 0.29) is 0 Å². The average Bonchev–Trinajstić information content (AvgIpc) is 2.92. The number of aromatic nitrogens is 2. The minimum Gasteiger partial charge on any atom is -0.478 e. The Balaban J connectivity index is 0.00000211. The fourth-order valence-electron chi connectivity index (χ4n) is 1.63. The molecule has 0 atom stereocenters. The van der Waals surface area contributed by atoms with Gasteiger partial charge in [-0.3, -0.25) is 0 Å². The molecule has 5 nitrogen and oxygen atoms in total. The Morgan fingerprint density at radius 1 is 1.32 bits per heavy atom. The Morgan fingerprint density at radius 3 is 2.50 bits per heavy atom. The third-order valence-corrected chi connectivity index (χ3v) is 2.49. The highest BCUT2D eigenvalue weighted by Gasteiger charge is 2.20. The van der Waals surface area contributed by atoms with Gasteiger partial charge in [0.05, 0.1) is 26.0 Å². The summed E-state index contributed by atoms with van der Waals surface area (Å²) in [7, 11) is 0. The third-order valence-electron chi connectivity index (χ3n) is 2.49. The lowest BCUT2D eigenvalue weighted by atomic mass is 10.2. The molecule has 122 valence electrons. The molecule has 1 aromatic rings. The predicted octanol–water partition coefficient (Wildman–Crippen LogP) is 3.78.